The van der Waals surface area contributed by atoms with Crippen molar-refractivity contribution in [1.82, 2.24) is 5.32 Å². The minimum atomic E-state index is 0.0361. The number of benzene rings is 1. The fraction of sp³-hybridized carbons (Fsp3) is 0.417. The summed E-state index contributed by atoms with van der Waals surface area (Å²) in [6.45, 7) is 0.898. The van der Waals surface area contributed by atoms with E-state index in [1.54, 1.807) is 0 Å². The Morgan fingerprint density at radius 1 is 1.33 bits per heavy atom. The zero-order valence-electron chi connectivity index (χ0n) is 8.62. The van der Waals surface area contributed by atoms with Gasteiger partial charge in [-0.2, -0.15) is 0 Å². The summed E-state index contributed by atoms with van der Waals surface area (Å²) >= 11 is 0. The molecule has 0 aromatic heterocycles. The normalized spacial score (nSPS) is 13.8. The maximum atomic E-state index is 11.4. The van der Waals surface area contributed by atoms with E-state index in [9.17, 15) is 4.79 Å². The van der Waals surface area contributed by atoms with Crippen molar-refractivity contribution in [3.63, 3.8) is 0 Å². The molecular formula is C12H15NO2. The number of aliphatic hydroxyl groups is 1. The number of aryl methyl sites for hydroxylation is 1. The number of hydrogen-bond donors (Lipinski definition) is 2. The highest BCUT2D eigenvalue weighted by molar-refractivity contribution is 5.98. The van der Waals surface area contributed by atoms with E-state index >= 15 is 0 Å². The van der Waals surface area contributed by atoms with Crippen LogP contribution in [0.4, 0.5) is 0 Å². The number of fused-ring (bicyclic) bond motifs is 1. The number of aliphatic hydroxyl groups excluding tert-OH is 1. The van der Waals surface area contributed by atoms with Gasteiger partial charge in [0.05, 0.1) is 0 Å². The van der Waals surface area contributed by atoms with Crippen molar-refractivity contribution in [1.29, 1.82) is 0 Å². The number of hydrogen-bond acceptors (Lipinski definition) is 2. The topological polar surface area (TPSA) is 49.3 Å². The molecule has 0 saturated carbocycles. The lowest BCUT2D eigenvalue weighted by Crippen LogP contribution is -2.12. The zero-order chi connectivity index (χ0) is 10.7. The lowest BCUT2D eigenvalue weighted by Gasteiger charge is -2.05. The molecule has 0 saturated heterocycles. The van der Waals surface area contributed by atoms with Crippen molar-refractivity contribution in [2.45, 2.75) is 25.8 Å². The van der Waals surface area contributed by atoms with Gasteiger partial charge in [0.1, 0.15) is 0 Å². The van der Waals surface area contributed by atoms with Gasteiger partial charge in [-0.05, 0) is 36.5 Å². The molecule has 1 aliphatic rings. The number of unbranched alkanes of at least 4 members (excludes halogenated alkanes) is 1. The summed E-state index contributed by atoms with van der Waals surface area (Å²) in [7, 11) is 0. The molecule has 1 heterocycles. The molecule has 0 spiro atoms. The largest absolute Gasteiger partial charge is 0.396 e. The summed E-state index contributed by atoms with van der Waals surface area (Å²) in [5, 5.41) is 11.5. The van der Waals surface area contributed by atoms with E-state index in [1.807, 2.05) is 12.1 Å². The molecule has 1 aromatic carbocycles. The van der Waals surface area contributed by atoms with Crippen LogP contribution < -0.4 is 5.32 Å². The van der Waals surface area contributed by atoms with Crippen LogP contribution in [0, 0.1) is 0 Å². The fourth-order valence-electron chi connectivity index (χ4n) is 1.98. The van der Waals surface area contributed by atoms with Gasteiger partial charge in [-0.1, -0.05) is 12.1 Å². The lowest BCUT2D eigenvalue weighted by atomic mass is 9.99. The summed E-state index contributed by atoms with van der Waals surface area (Å²) in [6, 6.07) is 5.86. The average molecular weight is 205 g/mol. The Labute approximate surface area is 89.1 Å². The predicted molar refractivity (Wildman–Crippen MR) is 57.6 cm³/mol. The van der Waals surface area contributed by atoms with E-state index < -0.39 is 0 Å². The highest BCUT2D eigenvalue weighted by atomic mass is 16.2. The third-order valence-corrected chi connectivity index (χ3v) is 2.80. The molecule has 0 bridgehead atoms. The maximum Gasteiger partial charge on any atom is 0.251 e. The first-order chi connectivity index (χ1) is 7.33. The average Bonchev–Trinajstić information content (AvgIpc) is 2.62. The second-order valence-electron chi connectivity index (χ2n) is 3.81. The van der Waals surface area contributed by atoms with Crippen LogP contribution in [-0.2, 0) is 13.0 Å². The van der Waals surface area contributed by atoms with E-state index in [-0.39, 0.29) is 12.5 Å². The van der Waals surface area contributed by atoms with Crippen LogP contribution in [0.3, 0.4) is 0 Å². The molecule has 1 amide bonds. The van der Waals surface area contributed by atoms with Crippen LogP contribution in [0.25, 0.3) is 0 Å². The molecule has 2 N–H and O–H groups in total. The Morgan fingerprint density at radius 3 is 3.00 bits per heavy atom. The van der Waals surface area contributed by atoms with Gasteiger partial charge in [0.2, 0.25) is 0 Å². The molecule has 0 aliphatic carbocycles. The summed E-state index contributed by atoms with van der Waals surface area (Å²) in [4.78, 5) is 11.4. The van der Waals surface area contributed by atoms with Gasteiger partial charge >= 0.3 is 0 Å². The minimum Gasteiger partial charge on any atom is -0.396 e. The molecule has 15 heavy (non-hydrogen) atoms. The first-order valence-electron chi connectivity index (χ1n) is 5.33. The molecule has 3 heteroatoms. The van der Waals surface area contributed by atoms with Crippen LogP contribution in [0.1, 0.15) is 34.3 Å². The van der Waals surface area contributed by atoms with Crippen LogP contribution >= 0.6 is 0 Å². The smallest absolute Gasteiger partial charge is 0.251 e. The van der Waals surface area contributed by atoms with Crippen molar-refractivity contribution in [2.75, 3.05) is 6.61 Å². The van der Waals surface area contributed by atoms with E-state index in [2.05, 4.69) is 11.4 Å². The molecule has 3 nitrogen and oxygen atoms in total. The van der Waals surface area contributed by atoms with Crippen molar-refractivity contribution < 1.29 is 9.90 Å². The van der Waals surface area contributed by atoms with Crippen molar-refractivity contribution in [3.05, 3.63) is 34.9 Å². The summed E-state index contributed by atoms with van der Waals surface area (Å²) in [5.74, 6) is 0.0361. The Morgan fingerprint density at radius 2 is 2.20 bits per heavy atom. The number of nitrogens with one attached hydrogen (secondary N) is 1. The zero-order valence-corrected chi connectivity index (χ0v) is 8.62. The number of carbonyl (C=O) groups is 1. The molecule has 80 valence electrons. The van der Waals surface area contributed by atoms with E-state index in [4.69, 9.17) is 5.11 Å². The molecule has 2 rings (SSSR count). The van der Waals surface area contributed by atoms with Crippen molar-refractivity contribution in [2.24, 2.45) is 0 Å². The third-order valence-electron chi connectivity index (χ3n) is 2.80. The molecule has 0 atom stereocenters. The van der Waals surface area contributed by atoms with Gasteiger partial charge in [0.25, 0.3) is 5.91 Å². The monoisotopic (exact) mass is 205 g/mol. The number of rotatable bonds is 4. The number of carbonyl (C=O) groups excluding carboxylic acids is 1. The Hall–Kier alpha value is -1.35. The van der Waals surface area contributed by atoms with E-state index in [0.29, 0.717) is 6.54 Å². The Bertz CT molecular complexity index is 374. The molecule has 1 aromatic rings. The summed E-state index contributed by atoms with van der Waals surface area (Å²) in [5.41, 5.74) is 3.19. The molecule has 1 aliphatic heterocycles. The highest BCUT2D eigenvalue weighted by Crippen LogP contribution is 2.21. The third kappa shape index (κ3) is 2.02. The molecular weight excluding hydrogens is 190 g/mol. The standard InChI is InChI=1S/C12H15NO2/c14-7-2-1-4-9-5-3-6-10-11(9)8-13-12(10)15/h3,5-6,14H,1-2,4,7-8H2,(H,13,15). The number of amides is 1. The van der Waals surface area contributed by atoms with Crippen LogP contribution in [0.15, 0.2) is 18.2 Å². The SMILES string of the molecule is O=C1NCc2c(CCCCO)cccc21. The van der Waals surface area contributed by atoms with Gasteiger partial charge in [-0.3, -0.25) is 4.79 Å². The summed E-state index contributed by atoms with van der Waals surface area (Å²) in [6.07, 6.45) is 2.74. The van der Waals surface area contributed by atoms with Crippen molar-refractivity contribution >= 4 is 5.91 Å². The second-order valence-corrected chi connectivity index (χ2v) is 3.81. The van der Waals surface area contributed by atoms with Gasteiger partial charge < -0.3 is 10.4 Å². The Kier molecular flexibility index (Phi) is 3.02. The van der Waals surface area contributed by atoms with Crippen molar-refractivity contribution in [3.8, 4) is 0 Å². The van der Waals surface area contributed by atoms with Gasteiger partial charge in [-0.15, -0.1) is 0 Å². The van der Waals surface area contributed by atoms with Gasteiger partial charge in [0, 0.05) is 18.7 Å². The second kappa shape index (κ2) is 4.45. The van der Waals surface area contributed by atoms with Crippen LogP contribution in [0.2, 0.25) is 0 Å². The lowest BCUT2D eigenvalue weighted by molar-refractivity contribution is 0.0966. The Balaban J connectivity index is 2.15. The summed E-state index contributed by atoms with van der Waals surface area (Å²) < 4.78 is 0. The van der Waals surface area contributed by atoms with Gasteiger partial charge in [-0.25, -0.2) is 0 Å². The quantitative estimate of drug-likeness (QED) is 0.727. The highest BCUT2D eigenvalue weighted by Gasteiger charge is 2.20. The molecule has 0 radical (unpaired) electrons. The first kappa shape index (κ1) is 10.2. The van der Waals surface area contributed by atoms with Crippen LogP contribution in [-0.4, -0.2) is 17.6 Å². The van der Waals surface area contributed by atoms with Gasteiger partial charge in [0.15, 0.2) is 0 Å². The maximum absolute atomic E-state index is 11.4. The first-order valence-corrected chi connectivity index (χ1v) is 5.33. The van der Waals surface area contributed by atoms with E-state index in [0.717, 1.165) is 30.4 Å². The fourth-order valence-corrected chi connectivity index (χ4v) is 1.98. The van der Waals surface area contributed by atoms with Crippen LogP contribution in [0.5, 0.6) is 0 Å². The minimum absolute atomic E-state index is 0.0361. The molecule has 0 fully saturated rings. The predicted octanol–water partition coefficient (Wildman–Crippen LogP) is 1.25. The van der Waals surface area contributed by atoms with E-state index in [1.165, 1.54) is 5.56 Å². The molecule has 0 unspecified atom stereocenters.